The summed E-state index contributed by atoms with van der Waals surface area (Å²) in [6, 6.07) is 5.17. The highest BCUT2D eigenvalue weighted by Gasteiger charge is 2.41. The molecule has 2 nitrogen and oxygen atoms in total. The van der Waals surface area contributed by atoms with Crippen molar-refractivity contribution in [2.75, 3.05) is 0 Å². The van der Waals surface area contributed by atoms with Gasteiger partial charge in [0.05, 0.1) is 11.1 Å². The molecule has 0 aliphatic heterocycles. The largest absolute Gasteiger partial charge is 0.573 e. The molecule has 0 aliphatic carbocycles. The van der Waals surface area contributed by atoms with Crippen LogP contribution in [0.4, 0.5) is 52.7 Å². The van der Waals surface area contributed by atoms with Crippen molar-refractivity contribution in [3.63, 3.8) is 0 Å². The van der Waals surface area contributed by atoms with E-state index < -0.39 is 92.5 Å². The SMILES string of the molecule is C/C=C/CCc1cc(F)c(C(F)(F)Oc2cc(F)c(-c3ccc(C#Cc4cc(F)c(OC(F)(F)F)c(F)c4)c(F)c3)c(F)c2)c(F)c1. The van der Waals surface area contributed by atoms with Gasteiger partial charge >= 0.3 is 12.5 Å². The number of benzene rings is 4. The highest BCUT2D eigenvalue weighted by atomic mass is 19.4. The van der Waals surface area contributed by atoms with Crippen molar-refractivity contribution in [3.8, 4) is 34.5 Å². The molecule has 0 unspecified atom stereocenters. The fraction of sp³-hybridized carbons (Fsp3) is 0.152. The second-order valence-electron chi connectivity index (χ2n) is 9.68. The van der Waals surface area contributed by atoms with Crippen LogP contribution in [0.1, 0.15) is 35.6 Å². The molecule has 14 heteroatoms. The number of allylic oxidation sites excluding steroid dienone is 2. The molecule has 0 spiro atoms. The maximum Gasteiger partial charge on any atom is 0.573 e. The minimum atomic E-state index is -5.38. The Morgan fingerprint density at radius 3 is 1.79 bits per heavy atom. The van der Waals surface area contributed by atoms with Gasteiger partial charge in [-0.15, -0.1) is 13.2 Å². The molecule has 0 aromatic heterocycles. The van der Waals surface area contributed by atoms with Crippen molar-refractivity contribution in [1.29, 1.82) is 0 Å². The van der Waals surface area contributed by atoms with E-state index in [1.165, 1.54) is 0 Å². The minimum Gasteiger partial charge on any atom is -0.429 e. The predicted octanol–water partition coefficient (Wildman–Crippen LogP) is 10.3. The van der Waals surface area contributed by atoms with E-state index in [4.69, 9.17) is 0 Å². The second kappa shape index (κ2) is 13.7. The Bertz CT molecular complexity index is 1830. The number of alkyl halides is 5. The van der Waals surface area contributed by atoms with Crippen LogP contribution in [-0.2, 0) is 12.5 Å². The van der Waals surface area contributed by atoms with Gasteiger partial charge in [0.15, 0.2) is 11.6 Å². The number of hydrogen-bond donors (Lipinski definition) is 0. The summed E-state index contributed by atoms with van der Waals surface area (Å²) in [6.45, 7) is 1.72. The number of halogens is 12. The summed E-state index contributed by atoms with van der Waals surface area (Å²) in [5.74, 6) is -9.66. The molecular formula is C33H18F12O2. The number of hydrogen-bond acceptors (Lipinski definition) is 2. The molecule has 4 aromatic carbocycles. The third-order valence-corrected chi connectivity index (χ3v) is 6.31. The van der Waals surface area contributed by atoms with Gasteiger partial charge in [-0.3, -0.25) is 0 Å². The molecular weight excluding hydrogens is 656 g/mol. The summed E-state index contributed by atoms with van der Waals surface area (Å²) in [5, 5.41) is 0. The van der Waals surface area contributed by atoms with Gasteiger partial charge in [-0.05, 0) is 67.3 Å². The van der Waals surface area contributed by atoms with Gasteiger partial charge in [-0.2, -0.15) is 8.78 Å². The van der Waals surface area contributed by atoms with E-state index in [1.54, 1.807) is 19.1 Å². The van der Waals surface area contributed by atoms with Crippen LogP contribution in [0.25, 0.3) is 11.1 Å². The van der Waals surface area contributed by atoms with Crippen molar-refractivity contribution >= 4 is 0 Å². The summed E-state index contributed by atoms with van der Waals surface area (Å²) >= 11 is 0. The summed E-state index contributed by atoms with van der Waals surface area (Å²) in [5.41, 5.74) is -4.05. The second-order valence-corrected chi connectivity index (χ2v) is 9.68. The van der Waals surface area contributed by atoms with E-state index in [9.17, 15) is 52.7 Å². The van der Waals surface area contributed by atoms with Crippen molar-refractivity contribution in [3.05, 3.63) is 130 Å². The van der Waals surface area contributed by atoms with E-state index in [-0.39, 0.29) is 24.1 Å². The summed E-state index contributed by atoms with van der Waals surface area (Å²) in [7, 11) is 0. The Morgan fingerprint density at radius 1 is 0.660 bits per heavy atom. The molecule has 4 rings (SSSR count). The molecule has 4 aromatic rings. The van der Waals surface area contributed by atoms with Crippen LogP contribution in [0.15, 0.2) is 66.7 Å². The van der Waals surface area contributed by atoms with Crippen LogP contribution in [0, 0.1) is 52.6 Å². The molecule has 0 amide bonds. The number of rotatable bonds is 8. The molecule has 246 valence electrons. The quantitative estimate of drug-likeness (QED) is 0.105. The fourth-order valence-corrected chi connectivity index (χ4v) is 4.31. The lowest BCUT2D eigenvalue weighted by Gasteiger charge is -2.20. The highest BCUT2D eigenvalue weighted by molar-refractivity contribution is 5.67. The van der Waals surface area contributed by atoms with Gasteiger partial charge in [0.2, 0.25) is 5.75 Å². The normalized spacial score (nSPS) is 11.9. The van der Waals surface area contributed by atoms with Gasteiger partial charge in [0, 0.05) is 17.7 Å². The lowest BCUT2D eigenvalue weighted by Crippen LogP contribution is -2.25. The topological polar surface area (TPSA) is 18.5 Å². The summed E-state index contributed by atoms with van der Waals surface area (Å²) in [6.07, 6.45) is -6.17. The molecule has 0 bridgehead atoms. The molecule has 0 N–H and O–H groups in total. The Labute approximate surface area is 258 Å². The average Bonchev–Trinajstić information content (AvgIpc) is 2.93. The van der Waals surface area contributed by atoms with E-state index in [1.807, 2.05) is 0 Å². The zero-order valence-corrected chi connectivity index (χ0v) is 23.6. The van der Waals surface area contributed by atoms with Crippen molar-refractivity contribution in [1.82, 2.24) is 0 Å². The number of aryl methyl sites for hydroxylation is 1. The van der Waals surface area contributed by atoms with Crippen molar-refractivity contribution in [2.45, 2.75) is 32.2 Å². The first-order valence-corrected chi connectivity index (χ1v) is 13.2. The predicted molar refractivity (Wildman–Crippen MR) is 145 cm³/mol. The third-order valence-electron chi connectivity index (χ3n) is 6.31. The van der Waals surface area contributed by atoms with Crippen molar-refractivity contribution in [2.24, 2.45) is 0 Å². The Morgan fingerprint density at radius 2 is 1.26 bits per heavy atom. The smallest absolute Gasteiger partial charge is 0.429 e. The lowest BCUT2D eigenvalue weighted by atomic mass is 10.0. The minimum absolute atomic E-state index is 0.0831. The maximum atomic E-state index is 14.9. The molecule has 0 heterocycles. The van der Waals surface area contributed by atoms with E-state index in [2.05, 4.69) is 21.3 Å². The first-order chi connectivity index (χ1) is 22.0. The van der Waals surface area contributed by atoms with E-state index >= 15 is 0 Å². The van der Waals surface area contributed by atoms with Crippen LogP contribution in [-0.4, -0.2) is 6.36 Å². The average molecular weight is 674 g/mol. The van der Waals surface area contributed by atoms with Crippen LogP contribution < -0.4 is 9.47 Å². The zero-order chi connectivity index (χ0) is 34.7. The Hall–Kier alpha value is -5.06. The van der Waals surface area contributed by atoms with Crippen LogP contribution in [0.2, 0.25) is 0 Å². The van der Waals surface area contributed by atoms with Gasteiger partial charge in [0.25, 0.3) is 0 Å². The first-order valence-electron chi connectivity index (χ1n) is 13.2. The zero-order valence-electron chi connectivity index (χ0n) is 23.6. The lowest BCUT2D eigenvalue weighted by molar-refractivity contribution is -0.276. The molecule has 0 atom stereocenters. The van der Waals surface area contributed by atoms with E-state index in [0.717, 1.165) is 12.1 Å². The standard InChI is InChI=1S/C33H18F12O2/c1-2-3-4-5-17-10-25(37)30(26(38)11-17)32(41,42)46-21-15-23(35)29(24(36)16-21)20-9-8-19(22(34)14-20)7-6-18-12-27(39)31(28(40)13-18)47-33(43,44)45/h2-3,8-16H,4-5H2,1H3/b3-2+. The van der Waals surface area contributed by atoms with Gasteiger partial charge in [-0.1, -0.05) is 30.1 Å². The first kappa shape index (κ1) is 34.8. The van der Waals surface area contributed by atoms with Gasteiger partial charge < -0.3 is 9.47 Å². The molecule has 0 aliphatic rings. The molecule has 47 heavy (non-hydrogen) atoms. The Balaban J connectivity index is 1.57. The maximum absolute atomic E-state index is 14.9. The summed E-state index contributed by atoms with van der Waals surface area (Å²) < 4.78 is 175. The van der Waals surface area contributed by atoms with Crippen molar-refractivity contribution < 1.29 is 62.2 Å². The molecule has 0 saturated heterocycles. The molecule has 0 fully saturated rings. The van der Waals surface area contributed by atoms with Gasteiger partial charge in [-0.25, -0.2) is 30.7 Å². The summed E-state index contributed by atoms with van der Waals surface area (Å²) in [4.78, 5) is 0. The monoisotopic (exact) mass is 674 g/mol. The number of ether oxygens (including phenoxy) is 2. The van der Waals surface area contributed by atoms with Gasteiger partial charge in [0.1, 0.15) is 40.4 Å². The van der Waals surface area contributed by atoms with Crippen LogP contribution in [0.5, 0.6) is 11.5 Å². The molecule has 0 radical (unpaired) electrons. The third kappa shape index (κ3) is 8.41. The fourth-order valence-electron chi connectivity index (χ4n) is 4.31. The van der Waals surface area contributed by atoms with Crippen LogP contribution in [0.3, 0.4) is 0 Å². The Kier molecular flexibility index (Phi) is 10.2. The van der Waals surface area contributed by atoms with Crippen LogP contribution >= 0.6 is 0 Å². The highest BCUT2D eigenvalue weighted by Crippen LogP contribution is 2.38. The molecule has 0 saturated carbocycles. The van der Waals surface area contributed by atoms with E-state index in [0.29, 0.717) is 36.8 Å².